The molecule has 0 aliphatic carbocycles. The van der Waals surface area contributed by atoms with Crippen LogP contribution in [0.4, 0.5) is 0 Å². The third-order valence-electron chi connectivity index (χ3n) is 2.39. The maximum absolute atomic E-state index is 11.2. The predicted octanol–water partition coefficient (Wildman–Crippen LogP) is 0.659. The standard InChI is InChI=1S/C11H12N2O4S/c1-16-9-4-2-3-5-10(9)17-7-8-6-13-18(14,15)11(8)12/h2-6H,7,12H2,1H3. The molecule has 6 nitrogen and oxygen atoms in total. The van der Waals surface area contributed by atoms with Crippen molar-refractivity contribution in [3.63, 3.8) is 0 Å². The topological polar surface area (TPSA) is 91.0 Å². The summed E-state index contributed by atoms with van der Waals surface area (Å²) in [5.41, 5.74) is 5.78. The van der Waals surface area contributed by atoms with Gasteiger partial charge in [-0.25, -0.2) is 0 Å². The Morgan fingerprint density at radius 1 is 1.28 bits per heavy atom. The van der Waals surface area contributed by atoms with E-state index in [2.05, 4.69) is 4.40 Å². The zero-order chi connectivity index (χ0) is 13.2. The highest BCUT2D eigenvalue weighted by Gasteiger charge is 2.23. The van der Waals surface area contributed by atoms with Crippen LogP contribution in [0.15, 0.2) is 39.3 Å². The lowest BCUT2D eigenvalue weighted by molar-refractivity contribution is 0.323. The van der Waals surface area contributed by atoms with Gasteiger partial charge in [0.1, 0.15) is 6.61 Å². The molecule has 0 saturated carbocycles. The maximum atomic E-state index is 11.2. The minimum absolute atomic E-state index is 0.0228. The van der Waals surface area contributed by atoms with Gasteiger partial charge in [-0.2, -0.15) is 12.8 Å². The molecule has 0 fully saturated rings. The van der Waals surface area contributed by atoms with E-state index in [9.17, 15) is 8.42 Å². The smallest absolute Gasteiger partial charge is 0.297 e. The Morgan fingerprint density at radius 2 is 1.94 bits per heavy atom. The molecule has 96 valence electrons. The van der Waals surface area contributed by atoms with Crippen LogP contribution in [0.5, 0.6) is 11.5 Å². The fourth-order valence-corrected chi connectivity index (χ4v) is 2.24. The first kappa shape index (κ1) is 12.4. The summed E-state index contributed by atoms with van der Waals surface area (Å²) in [5.74, 6) is 1.08. The SMILES string of the molecule is COc1ccccc1OCC1=C(N)S(=O)(=O)N=C1. The summed E-state index contributed by atoms with van der Waals surface area (Å²) in [6.45, 7) is 0.0228. The van der Waals surface area contributed by atoms with Gasteiger partial charge < -0.3 is 15.2 Å². The first-order valence-corrected chi connectivity index (χ1v) is 6.53. The summed E-state index contributed by atoms with van der Waals surface area (Å²) >= 11 is 0. The first-order chi connectivity index (χ1) is 8.54. The highest BCUT2D eigenvalue weighted by Crippen LogP contribution is 2.26. The number of rotatable bonds is 4. The Hall–Kier alpha value is -2.02. The molecule has 0 spiro atoms. The number of para-hydroxylation sites is 2. The normalized spacial score (nSPS) is 16.9. The van der Waals surface area contributed by atoms with Crippen molar-refractivity contribution in [3.05, 3.63) is 34.9 Å². The van der Waals surface area contributed by atoms with E-state index in [0.29, 0.717) is 17.1 Å². The number of nitrogens with zero attached hydrogens (tertiary/aromatic N) is 1. The van der Waals surface area contributed by atoms with Crippen molar-refractivity contribution in [1.29, 1.82) is 0 Å². The van der Waals surface area contributed by atoms with E-state index in [-0.39, 0.29) is 11.6 Å². The van der Waals surface area contributed by atoms with Crippen molar-refractivity contribution in [3.8, 4) is 11.5 Å². The maximum Gasteiger partial charge on any atom is 0.297 e. The van der Waals surface area contributed by atoms with E-state index < -0.39 is 10.0 Å². The third-order valence-corrected chi connectivity index (χ3v) is 3.59. The van der Waals surface area contributed by atoms with Crippen molar-refractivity contribution < 1.29 is 17.9 Å². The van der Waals surface area contributed by atoms with Crippen molar-refractivity contribution in [2.45, 2.75) is 0 Å². The summed E-state index contributed by atoms with van der Waals surface area (Å²) in [4.78, 5) is 0. The van der Waals surface area contributed by atoms with Gasteiger partial charge in [0.25, 0.3) is 10.0 Å². The second-order valence-corrected chi connectivity index (χ2v) is 5.14. The zero-order valence-corrected chi connectivity index (χ0v) is 10.5. The van der Waals surface area contributed by atoms with E-state index in [4.69, 9.17) is 15.2 Å². The summed E-state index contributed by atoms with van der Waals surface area (Å²) in [6, 6.07) is 7.05. The predicted molar refractivity (Wildman–Crippen MR) is 67.1 cm³/mol. The molecular formula is C11H12N2O4S. The molecule has 0 atom stereocenters. The molecule has 1 heterocycles. The van der Waals surface area contributed by atoms with Crippen molar-refractivity contribution in [1.82, 2.24) is 0 Å². The van der Waals surface area contributed by atoms with Crippen LogP contribution < -0.4 is 15.2 Å². The molecule has 1 aliphatic heterocycles. The van der Waals surface area contributed by atoms with Crippen LogP contribution in [-0.4, -0.2) is 28.3 Å². The minimum atomic E-state index is -3.68. The Labute approximate surface area is 105 Å². The minimum Gasteiger partial charge on any atom is -0.493 e. The Morgan fingerprint density at radius 3 is 2.50 bits per heavy atom. The van der Waals surface area contributed by atoms with Crippen molar-refractivity contribution in [2.24, 2.45) is 10.1 Å². The van der Waals surface area contributed by atoms with Gasteiger partial charge in [0, 0.05) is 5.57 Å². The second kappa shape index (κ2) is 4.69. The summed E-state index contributed by atoms with van der Waals surface area (Å²) in [5, 5.41) is -0.266. The number of hydrogen-bond donors (Lipinski definition) is 1. The highest BCUT2D eigenvalue weighted by molar-refractivity contribution is 7.94. The van der Waals surface area contributed by atoms with Gasteiger partial charge in [-0.05, 0) is 12.1 Å². The number of hydrogen-bond acceptors (Lipinski definition) is 5. The number of benzene rings is 1. The van der Waals surface area contributed by atoms with Gasteiger partial charge in [-0.1, -0.05) is 12.1 Å². The van der Waals surface area contributed by atoms with Crippen LogP contribution in [0.3, 0.4) is 0 Å². The van der Waals surface area contributed by atoms with Crippen LogP contribution in [0.25, 0.3) is 0 Å². The van der Waals surface area contributed by atoms with Crippen LogP contribution in [0, 0.1) is 0 Å². The monoisotopic (exact) mass is 268 g/mol. The van der Waals surface area contributed by atoms with Gasteiger partial charge in [0.15, 0.2) is 16.5 Å². The molecule has 18 heavy (non-hydrogen) atoms. The average Bonchev–Trinajstić information content (AvgIpc) is 2.63. The Kier molecular flexibility index (Phi) is 3.24. The van der Waals surface area contributed by atoms with E-state index in [0.717, 1.165) is 0 Å². The van der Waals surface area contributed by atoms with Gasteiger partial charge in [-0.3, -0.25) is 0 Å². The average molecular weight is 268 g/mol. The number of ether oxygens (including phenoxy) is 2. The highest BCUT2D eigenvalue weighted by atomic mass is 32.2. The van der Waals surface area contributed by atoms with Gasteiger partial charge >= 0.3 is 0 Å². The quantitative estimate of drug-likeness (QED) is 0.866. The molecule has 0 aromatic heterocycles. The molecule has 2 rings (SSSR count). The van der Waals surface area contributed by atoms with Gasteiger partial charge in [0.2, 0.25) is 0 Å². The fourth-order valence-electron chi connectivity index (χ4n) is 1.42. The van der Waals surface area contributed by atoms with Crippen LogP contribution in [-0.2, 0) is 10.0 Å². The first-order valence-electron chi connectivity index (χ1n) is 5.09. The van der Waals surface area contributed by atoms with E-state index >= 15 is 0 Å². The molecule has 0 radical (unpaired) electrons. The molecule has 1 aromatic carbocycles. The molecular weight excluding hydrogens is 256 g/mol. The Balaban J connectivity index is 2.14. The number of sulfonamides is 1. The summed E-state index contributed by atoms with van der Waals surface area (Å²) < 4.78 is 36.4. The Bertz CT molecular complexity index is 620. The lowest BCUT2D eigenvalue weighted by Crippen LogP contribution is -2.12. The van der Waals surface area contributed by atoms with Gasteiger partial charge in [-0.15, -0.1) is 0 Å². The van der Waals surface area contributed by atoms with E-state index in [1.165, 1.54) is 13.3 Å². The van der Waals surface area contributed by atoms with Crippen molar-refractivity contribution in [2.75, 3.05) is 13.7 Å². The molecule has 2 N–H and O–H groups in total. The van der Waals surface area contributed by atoms with Gasteiger partial charge in [0.05, 0.1) is 13.3 Å². The number of nitrogens with two attached hydrogens (primary N) is 1. The van der Waals surface area contributed by atoms with E-state index in [1.807, 2.05) is 0 Å². The molecule has 7 heteroatoms. The van der Waals surface area contributed by atoms with Crippen LogP contribution in [0.1, 0.15) is 0 Å². The molecule has 0 amide bonds. The van der Waals surface area contributed by atoms with Crippen LogP contribution in [0.2, 0.25) is 0 Å². The third kappa shape index (κ3) is 2.30. The van der Waals surface area contributed by atoms with Crippen molar-refractivity contribution >= 4 is 16.2 Å². The molecule has 0 saturated heterocycles. The zero-order valence-electron chi connectivity index (χ0n) is 9.66. The molecule has 1 aliphatic rings. The summed E-state index contributed by atoms with van der Waals surface area (Å²) in [6.07, 6.45) is 1.19. The lowest BCUT2D eigenvalue weighted by Gasteiger charge is -2.09. The second-order valence-electron chi connectivity index (χ2n) is 3.54. The van der Waals surface area contributed by atoms with Crippen LogP contribution >= 0.6 is 0 Å². The lowest BCUT2D eigenvalue weighted by atomic mass is 10.3. The molecule has 1 aromatic rings. The molecule has 0 bridgehead atoms. The summed E-state index contributed by atoms with van der Waals surface area (Å²) in [7, 11) is -2.15. The van der Waals surface area contributed by atoms with E-state index in [1.54, 1.807) is 24.3 Å². The molecule has 0 unspecified atom stereocenters. The largest absolute Gasteiger partial charge is 0.493 e. The number of methoxy groups -OCH3 is 1. The fraction of sp³-hybridized carbons (Fsp3) is 0.182.